The van der Waals surface area contributed by atoms with E-state index in [1.807, 2.05) is 40.1 Å². The number of anilines is 1. The van der Waals surface area contributed by atoms with Crippen LogP contribution in [-0.4, -0.2) is 65.9 Å². The van der Waals surface area contributed by atoms with Gasteiger partial charge in [-0.15, -0.1) is 0 Å². The van der Waals surface area contributed by atoms with Gasteiger partial charge in [-0.05, 0) is 43.4 Å². The summed E-state index contributed by atoms with van der Waals surface area (Å²) >= 11 is 5.93. The van der Waals surface area contributed by atoms with E-state index in [2.05, 4.69) is 22.0 Å². The fraction of sp³-hybridized carbons (Fsp3) is 0.480. The molecule has 2 fully saturated rings. The fourth-order valence-electron chi connectivity index (χ4n) is 4.59. The highest BCUT2D eigenvalue weighted by molar-refractivity contribution is 6.30. The van der Waals surface area contributed by atoms with E-state index in [9.17, 15) is 9.59 Å². The first-order chi connectivity index (χ1) is 15.6. The van der Waals surface area contributed by atoms with Crippen LogP contribution in [0.4, 0.5) is 5.82 Å². The Morgan fingerprint density at radius 3 is 2.25 bits per heavy atom. The highest BCUT2D eigenvalue weighted by Crippen LogP contribution is 2.24. The van der Waals surface area contributed by atoms with E-state index in [0.29, 0.717) is 37.6 Å². The number of pyridine rings is 1. The van der Waals surface area contributed by atoms with Crippen molar-refractivity contribution in [3.63, 3.8) is 0 Å². The summed E-state index contributed by atoms with van der Waals surface area (Å²) in [4.78, 5) is 36.1. The first-order valence-electron chi connectivity index (χ1n) is 11.6. The van der Waals surface area contributed by atoms with Crippen LogP contribution in [-0.2, 0) is 16.0 Å². The lowest BCUT2D eigenvalue weighted by Crippen LogP contribution is -2.53. The molecule has 0 atom stereocenters. The highest BCUT2D eigenvalue weighted by atomic mass is 35.5. The van der Waals surface area contributed by atoms with Crippen molar-refractivity contribution in [2.45, 2.75) is 32.1 Å². The molecule has 2 aliphatic heterocycles. The van der Waals surface area contributed by atoms with E-state index in [-0.39, 0.29) is 17.7 Å². The molecule has 0 N–H and O–H groups in total. The van der Waals surface area contributed by atoms with Crippen molar-refractivity contribution < 1.29 is 9.59 Å². The lowest BCUT2D eigenvalue weighted by Gasteiger charge is -2.39. The second kappa shape index (κ2) is 10.8. The van der Waals surface area contributed by atoms with E-state index in [1.165, 1.54) is 5.56 Å². The Balaban J connectivity index is 1.17. The maximum atomic E-state index is 13.0. The van der Waals surface area contributed by atoms with Gasteiger partial charge in [-0.1, -0.05) is 41.9 Å². The van der Waals surface area contributed by atoms with Crippen molar-refractivity contribution >= 4 is 29.2 Å². The molecule has 0 aliphatic carbocycles. The minimum absolute atomic E-state index is 0.0617. The molecule has 0 bridgehead atoms. The van der Waals surface area contributed by atoms with Gasteiger partial charge in [0.1, 0.15) is 5.82 Å². The van der Waals surface area contributed by atoms with Gasteiger partial charge < -0.3 is 14.7 Å². The van der Waals surface area contributed by atoms with Gasteiger partial charge in [0.2, 0.25) is 11.8 Å². The Labute approximate surface area is 195 Å². The van der Waals surface area contributed by atoms with Crippen LogP contribution in [0.15, 0.2) is 48.7 Å². The fourth-order valence-corrected chi connectivity index (χ4v) is 4.70. The largest absolute Gasteiger partial charge is 0.357 e. The zero-order valence-electron chi connectivity index (χ0n) is 18.5. The van der Waals surface area contributed by atoms with E-state index < -0.39 is 0 Å². The van der Waals surface area contributed by atoms with E-state index >= 15 is 0 Å². The highest BCUT2D eigenvalue weighted by Gasteiger charge is 2.31. The normalized spacial score (nSPS) is 17.5. The summed E-state index contributed by atoms with van der Waals surface area (Å²) in [5.41, 5.74) is 1.27. The molecule has 2 amide bonds. The van der Waals surface area contributed by atoms with Gasteiger partial charge in [-0.2, -0.15) is 0 Å². The molecule has 170 valence electrons. The number of aromatic nitrogens is 1. The van der Waals surface area contributed by atoms with Crippen molar-refractivity contribution in [2.75, 3.05) is 44.2 Å². The predicted octanol–water partition coefficient (Wildman–Crippen LogP) is 3.65. The standard InChI is InChI=1S/C25H31ClN4O2/c26-22-9-10-23(27-19-22)28-13-11-21(12-14-28)25(32)30-17-15-29(16-18-30)24(31)8-4-7-20-5-2-1-3-6-20/h1-3,5-6,9-10,19,21H,4,7-8,11-18H2. The lowest BCUT2D eigenvalue weighted by molar-refractivity contribution is -0.142. The van der Waals surface area contributed by atoms with Gasteiger partial charge in [0.25, 0.3) is 0 Å². The first kappa shape index (κ1) is 22.6. The summed E-state index contributed by atoms with van der Waals surface area (Å²) in [6.07, 6.45) is 5.69. The zero-order chi connectivity index (χ0) is 22.3. The summed E-state index contributed by atoms with van der Waals surface area (Å²) in [6.45, 7) is 4.22. The number of hydrogen-bond acceptors (Lipinski definition) is 4. The van der Waals surface area contributed by atoms with Crippen molar-refractivity contribution in [3.05, 3.63) is 59.2 Å². The minimum atomic E-state index is 0.0617. The van der Waals surface area contributed by atoms with Gasteiger partial charge in [0, 0.05) is 57.8 Å². The zero-order valence-corrected chi connectivity index (χ0v) is 19.2. The molecule has 0 saturated carbocycles. The molecule has 3 heterocycles. The molecule has 0 unspecified atom stereocenters. The van der Waals surface area contributed by atoms with Gasteiger partial charge in [0.15, 0.2) is 0 Å². The Hall–Kier alpha value is -2.60. The average Bonchev–Trinajstić information content (AvgIpc) is 2.85. The SMILES string of the molecule is O=C(CCCc1ccccc1)N1CCN(C(=O)C2CCN(c3ccc(Cl)cn3)CC2)CC1. The van der Waals surface area contributed by atoms with E-state index in [1.54, 1.807) is 6.20 Å². The molecule has 4 rings (SSSR count). The Bertz CT molecular complexity index is 890. The molecule has 2 saturated heterocycles. The second-order valence-corrected chi connectivity index (χ2v) is 9.08. The molecule has 2 aromatic rings. The maximum absolute atomic E-state index is 13.0. The number of aryl methyl sites for hydroxylation is 1. The smallest absolute Gasteiger partial charge is 0.225 e. The van der Waals surface area contributed by atoms with Crippen LogP contribution < -0.4 is 4.90 Å². The monoisotopic (exact) mass is 454 g/mol. The molecule has 1 aromatic heterocycles. The molecule has 32 heavy (non-hydrogen) atoms. The van der Waals surface area contributed by atoms with E-state index in [4.69, 9.17) is 11.6 Å². The van der Waals surface area contributed by atoms with Crippen LogP contribution in [0.5, 0.6) is 0 Å². The van der Waals surface area contributed by atoms with Crippen molar-refractivity contribution in [3.8, 4) is 0 Å². The van der Waals surface area contributed by atoms with Gasteiger partial charge in [-0.3, -0.25) is 9.59 Å². The molecule has 6 nitrogen and oxygen atoms in total. The van der Waals surface area contributed by atoms with Crippen molar-refractivity contribution in [1.29, 1.82) is 0 Å². The third-order valence-corrected chi connectivity index (χ3v) is 6.75. The van der Waals surface area contributed by atoms with Gasteiger partial charge in [-0.25, -0.2) is 4.98 Å². The predicted molar refractivity (Wildman–Crippen MR) is 127 cm³/mol. The number of amides is 2. The Morgan fingerprint density at radius 2 is 1.59 bits per heavy atom. The van der Waals surface area contributed by atoms with Crippen LogP contribution in [0.3, 0.4) is 0 Å². The third kappa shape index (κ3) is 5.80. The van der Waals surface area contributed by atoms with Crippen LogP contribution >= 0.6 is 11.6 Å². The minimum Gasteiger partial charge on any atom is -0.357 e. The van der Waals surface area contributed by atoms with Crippen molar-refractivity contribution in [1.82, 2.24) is 14.8 Å². The molecule has 1 aromatic carbocycles. The van der Waals surface area contributed by atoms with Crippen LogP contribution in [0.1, 0.15) is 31.2 Å². The molecular weight excluding hydrogens is 424 g/mol. The Kier molecular flexibility index (Phi) is 7.63. The number of carbonyl (C=O) groups excluding carboxylic acids is 2. The molecular formula is C25H31ClN4O2. The molecule has 2 aliphatic rings. The van der Waals surface area contributed by atoms with Crippen LogP contribution in [0.2, 0.25) is 5.02 Å². The average molecular weight is 455 g/mol. The summed E-state index contributed by atoms with van der Waals surface area (Å²) in [6, 6.07) is 14.1. The summed E-state index contributed by atoms with van der Waals surface area (Å²) in [5, 5.41) is 0.632. The topological polar surface area (TPSA) is 56.8 Å². The number of benzene rings is 1. The summed E-state index contributed by atoms with van der Waals surface area (Å²) in [5.74, 6) is 1.42. The number of nitrogens with zero attached hydrogens (tertiary/aromatic N) is 4. The molecule has 0 radical (unpaired) electrons. The van der Waals surface area contributed by atoms with Crippen molar-refractivity contribution in [2.24, 2.45) is 5.92 Å². The van der Waals surface area contributed by atoms with Crippen LogP contribution in [0, 0.1) is 5.92 Å². The quantitative estimate of drug-likeness (QED) is 0.668. The first-order valence-corrected chi connectivity index (χ1v) is 11.9. The number of piperidine rings is 1. The number of rotatable bonds is 6. The number of carbonyl (C=O) groups is 2. The Morgan fingerprint density at radius 1 is 0.906 bits per heavy atom. The molecule has 0 spiro atoms. The number of hydrogen-bond donors (Lipinski definition) is 0. The maximum Gasteiger partial charge on any atom is 0.225 e. The van der Waals surface area contributed by atoms with Crippen LogP contribution in [0.25, 0.3) is 0 Å². The van der Waals surface area contributed by atoms with Gasteiger partial charge >= 0.3 is 0 Å². The van der Waals surface area contributed by atoms with Gasteiger partial charge in [0.05, 0.1) is 5.02 Å². The second-order valence-electron chi connectivity index (χ2n) is 8.64. The van der Waals surface area contributed by atoms with E-state index in [0.717, 1.165) is 44.6 Å². The summed E-state index contributed by atoms with van der Waals surface area (Å²) < 4.78 is 0. The third-order valence-electron chi connectivity index (χ3n) is 6.52. The lowest BCUT2D eigenvalue weighted by atomic mass is 9.95. The molecule has 7 heteroatoms. The summed E-state index contributed by atoms with van der Waals surface area (Å²) in [7, 11) is 0. The number of halogens is 1. The number of piperazine rings is 1.